The number of nitrogens with one attached hydrogen (secondary N) is 1. The summed E-state index contributed by atoms with van der Waals surface area (Å²) in [7, 11) is 0. The van der Waals surface area contributed by atoms with Crippen molar-refractivity contribution in [3.8, 4) is 0 Å². The molecule has 0 atom stereocenters. The van der Waals surface area contributed by atoms with Crippen LogP contribution in [0.5, 0.6) is 0 Å². The Morgan fingerprint density at radius 3 is 2.28 bits per heavy atom. The molecule has 0 spiro atoms. The van der Waals surface area contributed by atoms with Crippen molar-refractivity contribution in [2.24, 2.45) is 5.73 Å². The molecular weight excluding hydrogens is 325 g/mol. The van der Waals surface area contributed by atoms with Crippen molar-refractivity contribution in [3.05, 3.63) is 35.6 Å². The predicted molar refractivity (Wildman–Crippen MR) is 92.6 cm³/mol. The molecule has 1 aromatic rings. The van der Waals surface area contributed by atoms with E-state index in [1.807, 2.05) is 20.8 Å². The maximum atomic E-state index is 13.1. The second-order valence-electron chi connectivity index (χ2n) is 7.54. The van der Waals surface area contributed by atoms with Gasteiger partial charge in [0.2, 0.25) is 0 Å². The van der Waals surface area contributed by atoms with Gasteiger partial charge in [-0.2, -0.15) is 0 Å². The number of halogens is 1. The molecule has 3 amide bonds. The lowest BCUT2D eigenvalue weighted by Crippen LogP contribution is -2.58. The molecule has 1 saturated heterocycles. The lowest BCUT2D eigenvalue weighted by atomic mass is 9.82. The summed E-state index contributed by atoms with van der Waals surface area (Å²) < 4.78 is 18.5. The first kappa shape index (κ1) is 19.0. The first-order chi connectivity index (χ1) is 11.6. The van der Waals surface area contributed by atoms with E-state index in [2.05, 4.69) is 5.32 Å². The Morgan fingerprint density at radius 2 is 1.80 bits per heavy atom. The minimum absolute atomic E-state index is 0.305. The van der Waals surface area contributed by atoms with Crippen molar-refractivity contribution in [2.75, 3.05) is 13.1 Å². The Balaban J connectivity index is 2.06. The molecule has 25 heavy (non-hydrogen) atoms. The van der Waals surface area contributed by atoms with Crippen LogP contribution in [-0.4, -0.2) is 41.3 Å². The number of likely N-dealkylation sites (tertiary alicyclic amines) is 1. The summed E-state index contributed by atoms with van der Waals surface area (Å²) in [6, 6.07) is 5.57. The van der Waals surface area contributed by atoms with E-state index >= 15 is 0 Å². The summed E-state index contributed by atoms with van der Waals surface area (Å²) in [5.41, 5.74) is 5.15. The van der Waals surface area contributed by atoms with Gasteiger partial charge in [-0.05, 0) is 57.7 Å². The van der Waals surface area contributed by atoms with Crippen LogP contribution >= 0.6 is 0 Å². The summed E-state index contributed by atoms with van der Waals surface area (Å²) in [5, 5.41) is 2.83. The third kappa shape index (κ3) is 5.62. The highest BCUT2D eigenvalue weighted by Gasteiger charge is 2.38. The lowest BCUT2D eigenvalue weighted by Gasteiger charge is -2.42. The molecule has 0 bridgehead atoms. The largest absolute Gasteiger partial charge is 0.444 e. The van der Waals surface area contributed by atoms with Gasteiger partial charge in [-0.25, -0.2) is 14.0 Å². The highest BCUT2D eigenvalue weighted by atomic mass is 19.1. The zero-order valence-corrected chi connectivity index (χ0v) is 15.0. The van der Waals surface area contributed by atoms with E-state index in [0.717, 1.165) is 5.56 Å². The molecule has 1 aliphatic heterocycles. The van der Waals surface area contributed by atoms with Gasteiger partial charge in [-0.15, -0.1) is 0 Å². The topological polar surface area (TPSA) is 84.7 Å². The van der Waals surface area contributed by atoms with Gasteiger partial charge < -0.3 is 20.7 Å². The number of urea groups is 1. The van der Waals surface area contributed by atoms with Gasteiger partial charge in [0.1, 0.15) is 11.4 Å². The van der Waals surface area contributed by atoms with Crippen LogP contribution in [0.2, 0.25) is 0 Å². The molecule has 1 aliphatic rings. The summed E-state index contributed by atoms with van der Waals surface area (Å²) in [6.07, 6.45) is 1.26. The molecule has 138 valence electrons. The number of benzene rings is 1. The quantitative estimate of drug-likeness (QED) is 0.878. The van der Waals surface area contributed by atoms with Crippen molar-refractivity contribution in [2.45, 2.75) is 51.2 Å². The summed E-state index contributed by atoms with van der Waals surface area (Å²) >= 11 is 0. The SMILES string of the molecule is CC(C)(C)OC(=O)N1CCC(Cc2ccc(F)cc2)(NC(N)=O)CC1. The molecule has 0 saturated carbocycles. The Bertz CT molecular complexity index is 617. The van der Waals surface area contributed by atoms with Gasteiger partial charge in [0.15, 0.2) is 0 Å². The van der Waals surface area contributed by atoms with E-state index in [0.29, 0.717) is 32.4 Å². The van der Waals surface area contributed by atoms with Crippen LogP contribution in [0, 0.1) is 5.82 Å². The van der Waals surface area contributed by atoms with Crippen molar-refractivity contribution < 1.29 is 18.7 Å². The smallest absolute Gasteiger partial charge is 0.410 e. The monoisotopic (exact) mass is 351 g/mol. The maximum Gasteiger partial charge on any atom is 0.410 e. The van der Waals surface area contributed by atoms with Gasteiger partial charge in [0.05, 0.1) is 0 Å². The number of nitrogens with two attached hydrogens (primary N) is 1. The fourth-order valence-electron chi connectivity index (χ4n) is 3.04. The van der Waals surface area contributed by atoms with Gasteiger partial charge in [-0.1, -0.05) is 12.1 Å². The number of hydrogen-bond acceptors (Lipinski definition) is 3. The van der Waals surface area contributed by atoms with Crippen LogP contribution in [0.3, 0.4) is 0 Å². The van der Waals surface area contributed by atoms with Crippen LogP contribution in [0.4, 0.5) is 14.0 Å². The minimum Gasteiger partial charge on any atom is -0.444 e. The highest BCUT2D eigenvalue weighted by molar-refractivity contribution is 5.73. The number of nitrogens with zero attached hydrogens (tertiary/aromatic N) is 1. The number of carbonyl (C=O) groups is 2. The normalized spacial score (nSPS) is 17.0. The number of amides is 3. The number of primary amides is 1. The molecule has 0 aromatic heterocycles. The molecule has 6 nitrogen and oxygen atoms in total. The lowest BCUT2D eigenvalue weighted by molar-refractivity contribution is 0.0155. The van der Waals surface area contributed by atoms with Crippen molar-refractivity contribution >= 4 is 12.1 Å². The van der Waals surface area contributed by atoms with Gasteiger partial charge >= 0.3 is 12.1 Å². The summed E-state index contributed by atoms with van der Waals surface area (Å²) in [4.78, 5) is 25.3. The molecule has 1 fully saturated rings. The van der Waals surface area contributed by atoms with Crippen molar-refractivity contribution in [3.63, 3.8) is 0 Å². The predicted octanol–water partition coefficient (Wildman–Crippen LogP) is 2.81. The van der Waals surface area contributed by atoms with Gasteiger partial charge in [0, 0.05) is 18.6 Å². The molecule has 0 radical (unpaired) electrons. The summed E-state index contributed by atoms with van der Waals surface area (Å²) in [5.74, 6) is -0.305. The molecule has 3 N–H and O–H groups in total. The Labute approximate surface area is 147 Å². The number of carbonyl (C=O) groups excluding carboxylic acids is 2. The third-order valence-corrected chi connectivity index (χ3v) is 4.22. The fraction of sp³-hybridized carbons (Fsp3) is 0.556. The first-order valence-corrected chi connectivity index (χ1v) is 8.39. The first-order valence-electron chi connectivity index (χ1n) is 8.39. The van der Waals surface area contributed by atoms with Crippen LogP contribution in [0.1, 0.15) is 39.2 Å². The van der Waals surface area contributed by atoms with E-state index in [1.54, 1.807) is 17.0 Å². The number of hydrogen-bond donors (Lipinski definition) is 2. The number of piperidine rings is 1. The van der Waals surface area contributed by atoms with E-state index in [1.165, 1.54) is 12.1 Å². The van der Waals surface area contributed by atoms with Crippen LogP contribution in [0.25, 0.3) is 0 Å². The molecule has 2 rings (SSSR count). The van der Waals surface area contributed by atoms with E-state index < -0.39 is 17.2 Å². The van der Waals surface area contributed by atoms with Crippen LogP contribution in [-0.2, 0) is 11.2 Å². The van der Waals surface area contributed by atoms with Crippen molar-refractivity contribution in [1.82, 2.24) is 10.2 Å². The fourth-order valence-corrected chi connectivity index (χ4v) is 3.04. The zero-order valence-electron chi connectivity index (χ0n) is 15.0. The second kappa shape index (κ2) is 7.29. The average molecular weight is 351 g/mol. The highest BCUT2D eigenvalue weighted by Crippen LogP contribution is 2.27. The number of rotatable bonds is 3. The van der Waals surface area contributed by atoms with Crippen LogP contribution < -0.4 is 11.1 Å². The van der Waals surface area contributed by atoms with Crippen LogP contribution in [0.15, 0.2) is 24.3 Å². The Morgan fingerprint density at radius 1 is 1.24 bits per heavy atom. The van der Waals surface area contributed by atoms with Gasteiger partial charge in [-0.3, -0.25) is 0 Å². The van der Waals surface area contributed by atoms with E-state index in [9.17, 15) is 14.0 Å². The molecule has 7 heteroatoms. The Hall–Kier alpha value is -2.31. The minimum atomic E-state index is -0.604. The number of ether oxygens (including phenoxy) is 1. The maximum absolute atomic E-state index is 13.1. The van der Waals surface area contributed by atoms with E-state index in [4.69, 9.17) is 10.5 Å². The Kier molecular flexibility index (Phi) is 5.55. The average Bonchev–Trinajstić information content (AvgIpc) is 2.48. The molecular formula is C18H26FN3O3. The molecule has 0 unspecified atom stereocenters. The van der Waals surface area contributed by atoms with Crippen molar-refractivity contribution in [1.29, 1.82) is 0 Å². The molecule has 0 aliphatic carbocycles. The molecule has 1 aromatic carbocycles. The second-order valence-corrected chi connectivity index (χ2v) is 7.54. The zero-order chi connectivity index (χ0) is 18.7. The molecule has 1 heterocycles. The third-order valence-electron chi connectivity index (χ3n) is 4.22. The van der Waals surface area contributed by atoms with E-state index in [-0.39, 0.29) is 11.9 Å². The van der Waals surface area contributed by atoms with Gasteiger partial charge in [0.25, 0.3) is 0 Å². The summed E-state index contributed by atoms with van der Waals surface area (Å²) in [6.45, 7) is 6.37. The standard InChI is InChI=1S/C18H26FN3O3/c1-17(2,3)25-16(24)22-10-8-18(9-11-22,21-15(20)23)12-13-4-6-14(19)7-5-13/h4-7H,8-12H2,1-3H3,(H3,20,21,23).